The molecule has 0 saturated carbocycles. The number of rotatable bonds is 4. The molecule has 0 aliphatic carbocycles. The Hall–Kier alpha value is -1.35. The second-order valence-corrected chi connectivity index (χ2v) is 5.84. The molecule has 20 heavy (non-hydrogen) atoms. The lowest BCUT2D eigenvalue weighted by Gasteiger charge is -2.37. The van der Waals surface area contributed by atoms with Crippen LogP contribution in [0, 0.1) is 0 Å². The number of hydrogen-bond acceptors (Lipinski definition) is 3. The highest BCUT2D eigenvalue weighted by Gasteiger charge is 2.49. The zero-order chi connectivity index (χ0) is 14.8. The fourth-order valence-electron chi connectivity index (χ4n) is 3.25. The van der Waals surface area contributed by atoms with Gasteiger partial charge in [-0.3, -0.25) is 9.69 Å². The first-order valence-corrected chi connectivity index (χ1v) is 7.54. The molecule has 0 bridgehead atoms. The van der Waals surface area contributed by atoms with Crippen molar-refractivity contribution in [2.75, 3.05) is 6.54 Å². The van der Waals surface area contributed by atoms with Crippen molar-refractivity contribution in [1.29, 1.82) is 0 Å². The molecule has 2 rings (SSSR count). The zero-order valence-electron chi connectivity index (χ0n) is 12.9. The summed E-state index contributed by atoms with van der Waals surface area (Å²) >= 11 is 0. The van der Waals surface area contributed by atoms with Crippen LogP contribution in [0.4, 0.5) is 0 Å². The maximum Gasteiger partial charge on any atom is 0.306 e. The number of carbonyl (C=O) groups excluding carboxylic acids is 1. The molecule has 0 aromatic heterocycles. The predicted octanol–water partition coefficient (Wildman–Crippen LogP) is 3.34. The Balaban J connectivity index is 2.38. The van der Waals surface area contributed by atoms with Crippen LogP contribution in [0.5, 0.6) is 0 Å². The van der Waals surface area contributed by atoms with Crippen LogP contribution in [0.15, 0.2) is 30.3 Å². The van der Waals surface area contributed by atoms with Crippen molar-refractivity contribution in [3.8, 4) is 0 Å². The van der Waals surface area contributed by atoms with Gasteiger partial charge in [-0.05, 0) is 26.3 Å². The molecule has 0 radical (unpaired) electrons. The molecule has 0 unspecified atom stereocenters. The van der Waals surface area contributed by atoms with Crippen LogP contribution in [0.3, 0.4) is 0 Å². The molecule has 1 heterocycles. The maximum atomic E-state index is 11.9. The molecule has 0 amide bonds. The standard InChI is InChI=1S/C17H25NO2/c1-5-16(19)20-17(15-9-7-6-8-10-15)11-12-18(13(2)3)14(17)4/h6-10,13-14H,5,11-12H2,1-4H3/t14-,17-/m0/s1. The smallest absolute Gasteiger partial charge is 0.306 e. The van der Waals surface area contributed by atoms with E-state index in [0.29, 0.717) is 12.5 Å². The van der Waals surface area contributed by atoms with E-state index in [9.17, 15) is 4.79 Å². The third-order valence-electron chi connectivity index (χ3n) is 4.42. The van der Waals surface area contributed by atoms with Gasteiger partial charge in [0.15, 0.2) is 5.60 Å². The normalized spacial score (nSPS) is 26.9. The summed E-state index contributed by atoms with van der Waals surface area (Å²) in [5.74, 6) is -0.119. The molecule has 1 aromatic rings. The monoisotopic (exact) mass is 275 g/mol. The molecule has 3 heteroatoms. The largest absolute Gasteiger partial charge is 0.452 e. The molecule has 1 saturated heterocycles. The summed E-state index contributed by atoms with van der Waals surface area (Å²) in [4.78, 5) is 14.3. The summed E-state index contributed by atoms with van der Waals surface area (Å²) in [6.07, 6.45) is 1.28. The Labute approximate surface area is 121 Å². The van der Waals surface area contributed by atoms with Gasteiger partial charge in [-0.1, -0.05) is 37.3 Å². The van der Waals surface area contributed by atoms with Crippen molar-refractivity contribution in [3.05, 3.63) is 35.9 Å². The van der Waals surface area contributed by atoms with Crippen molar-refractivity contribution in [1.82, 2.24) is 4.90 Å². The Morgan fingerprint density at radius 2 is 2.05 bits per heavy atom. The molecule has 1 aliphatic heterocycles. The highest BCUT2D eigenvalue weighted by molar-refractivity contribution is 5.70. The molecule has 1 aromatic carbocycles. The molecular weight excluding hydrogens is 250 g/mol. The minimum Gasteiger partial charge on any atom is -0.452 e. The van der Waals surface area contributed by atoms with Crippen LogP contribution in [0.2, 0.25) is 0 Å². The van der Waals surface area contributed by atoms with E-state index in [1.54, 1.807) is 0 Å². The van der Waals surface area contributed by atoms with Gasteiger partial charge in [0.05, 0.1) is 6.04 Å². The number of nitrogens with zero attached hydrogens (tertiary/aromatic N) is 1. The van der Waals surface area contributed by atoms with E-state index < -0.39 is 5.60 Å². The van der Waals surface area contributed by atoms with Crippen LogP contribution in [0.1, 0.15) is 46.1 Å². The third-order valence-corrected chi connectivity index (χ3v) is 4.42. The van der Waals surface area contributed by atoms with Gasteiger partial charge in [-0.2, -0.15) is 0 Å². The van der Waals surface area contributed by atoms with E-state index in [1.165, 1.54) is 0 Å². The van der Waals surface area contributed by atoms with Crippen molar-refractivity contribution < 1.29 is 9.53 Å². The molecular formula is C17H25NO2. The van der Waals surface area contributed by atoms with Gasteiger partial charge < -0.3 is 4.74 Å². The van der Waals surface area contributed by atoms with Gasteiger partial charge in [-0.25, -0.2) is 0 Å². The number of carbonyl (C=O) groups is 1. The first kappa shape index (κ1) is 15.0. The minimum atomic E-state index is -0.501. The Bertz CT molecular complexity index is 457. The molecule has 1 aliphatic rings. The Morgan fingerprint density at radius 3 is 2.55 bits per heavy atom. The molecule has 2 atom stereocenters. The Kier molecular flexibility index (Phi) is 4.48. The fraction of sp³-hybridized carbons (Fsp3) is 0.588. The van der Waals surface area contributed by atoms with E-state index >= 15 is 0 Å². The lowest BCUT2D eigenvalue weighted by atomic mass is 9.86. The van der Waals surface area contributed by atoms with Gasteiger partial charge in [0.1, 0.15) is 0 Å². The minimum absolute atomic E-state index is 0.119. The van der Waals surface area contributed by atoms with Gasteiger partial charge in [0.2, 0.25) is 0 Å². The summed E-state index contributed by atoms with van der Waals surface area (Å²) in [5.41, 5.74) is 0.607. The van der Waals surface area contributed by atoms with Crippen molar-refractivity contribution in [2.24, 2.45) is 0 Å². The zero-order valence-corrected chi connectivity index (χ0v) is 12.9. The van der Waals surface area contributed by atoms with Crippen LogP contribution in [0.25, 0.3) is 0 Å². The SMILES string of the molecule is CCC(=O)O[C@@]1(c2ccccc2)CCN(C(C)C)[C@H]1C. The third kappa shape index (κ3) is 2.59. The number of likely N-dealkylation sites (tertiary alicyclic amines) is 1. The van der Waals surface area contributed by atoms with Crippen molar-refractivity contribution in [2.45, 2.75) is 58.2 Å². The first-order valence-electron chi connectivity index (χ1n) is 7.54. The average Bonchev–Trinajstić information content (AvgIpc) is 2.78. The highest BCUT2D eigenvalue weighted by Crippen LogP contribution is 2.42. The summed E-state index contributed by atoms with van der Waals surface area (Å²) < 4.78 is 5.95. The summed E-state index contributed by atoms with van der Waals surface area (Å²) in [7, 11) is 0. The van der Waals surface area contributed by atoms with Crippen molar-refractivity contribution >= 4 is 5.97 Å². The summed E-state index contributed by atoms with van der Waals surface area (Å²) in [6.45, 7) is 9.37. The van der Waals surface area contributed by atoms with Crippen molar-refractivity contribution in [3.63, 3.8) is 0 Å². The molecule has 0 N–H and O–H groups in total. The maximum absolute atomic E-state index is 11.9. The second-order valence-electron chi connectivity index (χ2n) is 5.84. The van der Waals surface area contributed by atoms with E-state index in [0.717, 1.165) is 18.5 Å². The van der Waals surface area contributed by atoms with Crippen LogP contribution in [-0.2, 0) is 15.1 Å². The highest BCUT2D eigenvalue weighted by atomic mass is 16.6. The van der Waals surface area contributed by atoms with Crippen LogP contribution >= 0.6 is 0 Å². The molecule has 1 fully saturated rings. The summed E-state index contributed by atoms with van der Waals surface area (Å²) in [5, 5.41) is 0. The quantitative estimate of drug-likeness (QED) is 0.789. The van der Waals surface area contributed by atoms with E-state index in [1.807, 2.05) is 25.1 Å². The van der Waals surface area contributed by atoms with Crippen LogP contribution in [-0.4, -0.2) is 29.5 Å². The second kappa shape index (κ2) is 5.96. The van der Waals surface area contributed by atoms with Gasteiger partial charge in [0, 0.05) is 25.4 Å². The molecule has 3 nitrogen and oxygen atoms in total. The number of hydrogen-bond donors (Lipinski definition) is 0. The van der Waals surface area contributed by atoms with E-state index in [2.05, 4.69) is 37.8 Å². The van der Waals surface area contributed by atoms with Gasteiger partial charge in [0.25, 0.3) is 0 Å². The topological polar surface area (TPSA) is 29.5 Å². The molecule has 0 spiro atoms. The van der Waals surface area contributed by atoms with E-state index in [4.69, 9.17) is 4.74 Å². The Morgan fingerprint density at radius 1 is 1.40 bits per heavy atom. The predicted molar refractivity (Wildman–Crippen MR) is 80.4 cm³/mol. The fourth-order valence-corrected chi connectivity index (χ4v) is 3.25. The number of esters is 1. The lowest BCUT2D eigenvalue weighted by molar-refractivity contribution is -0.163. The van der Waals surface area contributed by atoms with Gasteiger partial charge in [-0.15, -0.1) is 0 Å². The summed E-state index contributed by atoms with van der Waals surface area (Å²) in [6, 6.07) is 10.8. The first-order chi connectivity index (χ1) is 9.51. The molecule has 110 valence electrons. The van der Waals surface area contributed by atoms with Crippen LogP contribution < -0.4 is 0 Å². The number of ether oxygens (including phenoxy) is 1. The lowest BCUT2D eigenvalue weighted by Crippen LogP contribution is -2.45. The average molecular weight is 275 g/mol. The van der Waals surface area contributed by atoms with E-state index in [-0.39, 0.29) is 12.0 Å². The van der Waals surface area contributed by atoms with Gasteiger partial charge >= 0.3 is 5.97 Å². The number of benzene rings is 1.